The molecule has 1 aromatic carbocycles. The smallest absolute Gasteiger partial charge is 0.411 e. The van der Waals surface area contributed by atoms with E-state index in [-0.39, 0.29) is 6.54 Å². The fraction of sp³-hybridized carbons (Fsp3) is 0.500. The summed E-state index contributed by atoms with van der Waals surface area (Å²) in [4.78, 5) is 37.3. The Kier molecular flexibility index (Phi) is 5.35. The van der Waals surface area contributed by atoms with Crippen LogP contribution in [0.3, 0.4) is 0 Å². The summed E-state index contributed by atoms with van der Waals surface area (Å²) in [6, 6.07) is 5.52. The summed E-state index contributed by atoms with van der Waals surface area (Å²) in [5.74, 6) is -1.93. The topological polar surface area (TPSA) is 98.8 Å². The van der Waals surface area contributed by atoms with Gasteiger partial charge in [-0.25, -0.2) is 4.79 Å². The quantitative estimate of drug-likeness (QED) is 0.863. The lowest BCUT2D eigenvalue weighted by Crippen LogP contribution is -2.57. The Morgan fingerprint density at radius 3 is 2.40 bits per heavy atom. The molecule has 1 aliphatic heterocycles. The molecule has 2 rings (SSSR count). The number of amides is 2. The maximum absolute atomic E-state index is 12.6. The van der Waals surface area contributed by atoms with Gasteiger partial charge in [-0.3, -0.25) is 9.69 Å². The summed E-state index contributed by atoms with van der Waals surface area (Å²) in [6.07, 6.45) is -0.315. The first-order chi connectivity index (χ1) is 11.6. The van der Waals surface area contributed by atoms with Crippen LogP contribution in [0.1, 0.15) is 38.8 Å². The largest absolute Gasteiger partial charge is 0.548 e. The molecule has 0 spiro atoms. The molecule has 0 saturated heterocycles. The molecule has 2 atom stereocenters. The lowest BCUT2D eigenvalue weighted by atomic mass is 9.93. The van der Waals surface area contributed by atoms with Crippen molar-refractivity contribution in [2.75, 3.05) is 0 Å². The lowest BCUT2D eigenvalue weighted by molar-refractivity contribution is -0.307. The van der Waals surface area contributed by atoms with Gasteiger partial charge in [0.25, 0.3) is 0 Å². The summed E-state index contributed by atoms with van der Waals surface area (Å²) < 4.78 is 5.40. The maximum atomic E-state index is 12.6. The molecule has 0 fully saturated rings. The molecule has 0 unspecified atom stereocenters. The van der Waals surface area contributed by atoms with Crippen LogP contribution in [-0.4, -0.2) is 40.6 Å². The number of nitrogens with one attached hydrogen (secondary N) is 1. The number of carbonyl (C=O) groups is 3. The zero-order chi connectivity index (χ0) is 18.8. The van der Waals surface area contributed by atoms with Crippen molar-refractivity contribution < 1.29 is 24.2 Å². The first kappa shape index (κ1) is 18.8. The zero-order valence-corrected chi connectivity index (χ0v) is 14.9. The summed E-state index contributed by atoms with van der Waals surface area (Å²) >= 11 is 0. The Morgan fingerprint density at radius 1 is 1.24 bits per heavy atom. The molecule has 1 aromatic rings. The Bertz CT molecular complexity index is 680. The van der Waals surface area contributed by atoms with Crippen LogP contribution in [-0.2, 0) is 27.3 Å². The summed E-state index contributed by atoms with van der Waals surface area (Å²) in [5.41, 5.74) is 1.18. The Balaban J connectivity index is 2.27. The number of fused-ring (bicyclic) bond motifs is 1. The van der Waals surface area contributed by atoms with Gasteiger partial charge in [0, 0.05) is 6.42 Å². The van der Waals surface area contributed by atoms with Crippen LogP contribution in [0.25, 0.3) is 0 Å². The van der Waals surface area contributed by atoms with Gasteiger partial charge in [0.2, 0.25) is 5.91 Å². The highest BCUT2D eigenvalue weighted by atomic mass is 16.6. The number of aliphatic carboxylic acids is 1. The Labute approximate surface area is 147 Å². The van der Waals surface area contributed by atoms with E-state index in [1.165, 1.54) is 11.8 Å². The number of nitrogens with zero attached hydrogens (tertiary/aromatic N) is 1. The molecule has 0 bridgehead atoms. The van der Waals surface area contributed by atoms with Gasteiger partial charge in [-0.2, -0.15) is 0 Å². The molecule has 7 nitrogen and oxygen atoms in total. The molecule has 0 radical (unpaired) electrons. The van der Waals surface area contributed by atoms with E-state index in [2.05, 4.69) is 5.32 Å². The average Bonchev–Trinajstić information content (AvgIpc) is 2.51. The summed E-state index contributed by atoms with van der Waals surface area (Å²) in [7, 11) is 0. The van der Waals surface area contributed by atoms with E-state index in [9.17, 15) is 19.5 Å². The monoisotopic (exact) mass is 347 g/mol. The second-order valence-corrected chi connectivity index (χ2v) is 7.15. The third-order valence-electron chi connectivity index (χ3n) is 3.89. The van der Waals surface area contributed by atoms with Crippen molar-refractivity contribution in [1.29, 1.82) is 0 Å². The van der Waals surface area contributed by atoms with E-state index >= 15 is 0 Å². The molecule has 0 aromatic heterocycles. The van der Waals surface area contributed by atoms with Gasteiger partial charge in [-0.1, -0.05) is 24.3 Å². The molecule has 0 saturated carbocycles. The minimum absolute atomic E-state index is 0.225. The molecule has 2 amide bonds. The third kappa shape index (κ3) is 4.71. The zero-order valence-electron chi connectivity index (χ0n) is 14.9. The van der Waals surface area contributed by atoms with Crippen molar-refractivity contribution in [3.05, 3.63) is 35.4 Å². The van der Waals surface area contributed by atoms with Gasteiger partial charge in [-0.15, -0.1) is 0 Å². The maximum Gasteiger partial charge on any atom is 0.411 e. The lowest BCUT2D eigenvalue weighted by Gasteiger charge is -2.37. The van der Waals surface area contributed by atoms with Gasteiger partial charge in [-0.05, 0) is 38.8 Å². The highest BCUT2D eigenvalue weighted by molar-refractivity contribution is 5.89. The second kappa shape index (κ2) is 7.13. The molecule has 25 heavy (non-hydrogen) atoms. The van der Waals surface area contributed by atoms with E-state index in [1.807, 2.05) is 24.3 Å². The molecule has 1 heterocycles. The van der Waals surface area contributed by atoms with Crippen molar-refractivity contribution in [2.24, 2.45) is 0 Å². The van der Waals surface area contributed by atoms with E-state index in [0.717, 1.165) is 11.1 Å². The predicted molar refractivity (Wildman–Crippen MR) is 88.3 cm³/mol. The fourth-order valence-corrected chi connectivity index (χ4v) is 2.64. The normalized spacial score (nSPS) is 18.1. The number of rotatable bonds is 3. The van der Waals surface area contributed by atoms with Crippen LogP contribution in [0.5, 0.6) is 0 Å². The van der Waals surface area contributed by atoms with E-state index in [4.69, 9.17) is 4.74 Å². The fourth-order valence-electron chi connectivity index (χ4n) is 2.64. The van der Waals surface area contributed by atoms with Gasteiger partial charge in [0.05, 0.1) is 18.6 Å². The highest BCUT2D eigenvalue weighted by Gasteiger charge is 2.37. The SMILES string of the molecule is C[C@@H](NC(=O)[C@@H]1Cc2ccccc2CN1C(=O)OC(C)(C)C)C(=O)[O-]. The summed E-state index contributed by atoms with van der Waals surface area (Å²) in [5, 5.41) is 13.3. The molecular weight excluding hydrogens is 324 g/mol. The van der Waals surface area contributed by atoms with Crippen molar-refractivity contribution >= 4 is 18.0 Å². The van der Waals surface area contributed by atoms with Crippen LogP contribution in [0.15, 0.2) is 24.3 Å². The van der Waals surface area contributed by atoms with Crippen molar-refractivity contribution in [3.63, 3.8) is 0 Å². The third-order valence-corrected chi connectivity index (χ3v) is 3.89. The van der Waals surface area contributed by atoms with Crippen LogP contribution >= 0.6 is 0 Å². The first-order valence-corrected chi connectivity index (χ1v) is 8.16. The summed E-state index contributed by atoms with van der Waals surface area (Å²) in [6.45, 7) is 6.78. The van der Waals surface area contributed by atoms with Crippen molar-refractivity contribution in [3.8, 4) is 0 Å². The molecule has 1 aliphatic rings. The number of carboxylic acid groups (broad SMARTS) is 1. The number of hydrogen-bond donors (Lipinski definition) is 1. The molecule has 0 aliphatic carbocycles. The van der Waals surface area contributed by atoms with Gasteiger partial charge < -0.3 is 20.0 Å². The molecule has 136 valence electrons. The number of hydrogen-bond acceptors (Lipinski definition) is 5. The van der Waals surface area contributed by atoms with Crippen molar-refractivity contribution in [2.45, 2.75) is 58.3 Å². The van der Waals surface area contributed by atoms with E-state index in [0.29, 0.717) is 6.42 Å². The first-order valence-electron chi connectivity index (χ1n) is 8.16. The van der Waals surface area contributed by atoms with Crippen LogP contribution < -0.4 is 10.4 Å². The molecule has 1 N–H and O–H groups in total. The average molecular weight is 347 g/mol. The number of carbonyl (C=O) groups excluding carboxylic acids is 3. The predicted octanol–water partition coefficient (Wildman–Crippen LogP) is 0.603. The number of carboxylic acids is 1. The van der Waals surface area contributed by atoms with Gasteiger partial charge >= 0.3 is 6.09 Å². The van der Waals surface area contributed by atoms with Gasteiger partial charge in [0.15, 0.2) is 0 Å². The second-order valence-electron chi connectivity index (χ2n) is 7.15. The minimum Gasteiger partial charge on any atom is -0.548 e. The van der Waals surface area contributed by atoms with Crippen LogP contribution in [0.4, 0.5) is 4.79 Å². The Morgan fingerprint density at radius 2 is 1.84 bits per heavy atom. The standard InChI is InChI=1S/C18H24N2O5/c1-11(16(22)23)19-15(21)14-9-12-7-5-6-8-13(12)10-20(14)17(24)25-18(2,3)4/h5-8,11,14H,9-10H2,1-4H3,(H,19,21)(H,22,23)/p-1/t11-,14+/m1/s1. The van der Waals surface area contributed by atoms with Crippen LogP contribution in [0.2, 0.25) is 0 Å². The number of ether oxygens (including phenoxy) is 1. The Hall–Kier alpha value is -2.57. The van der Waals surface area contributed by atoms with E-state index in [1.54, 1.807) is 20.8 Å². The highest BCUT2D eigenvalue weighted by Crippen LogP contribution is 2.25. The van der Waals surface area contributed by atoms with E-state index < -0.39 is 35.7 Å². The number of benzene rings is 1. The van der Waals surface area contributed by atoms with Crippen LogP contribution in [0, 0.1) is 0 Å². The molecular formula is C18H23N2O5-. The van der Waals surface area contributed by atoms with Gasteiger partial charge in [0.1, 0.15) is 11.6 Å². The molecule has 7 heteroatoms. The minimum atomic E-state index is -1.38. The van der Waals surface area contributed by atoms with Crippen molar-refractivity contribution in [1.82, 2.24) is 10.2 Å².